The lowest BCUT2D eigenvalue weighted by atomic mass is 9.87. The zero-order valence-corrected chi connectivity index (χ0v) is 14.3. The highest BCUT2D eigenvalue weighted by atomic mass is 32.2. The molecule has 3 nitrogen and oxygen atoms in total. The molecule has 1 N–H and O–H groups in total. The minimum atomic E-state index is 0.0255. The summed E-state index contributed by atoms with van der Waals surface area (Å²) in [6, 6.07) is 0.0255. The molecule has 3 unspecified atom stereocenters. The van der Waals surface area contributed by atoms with Crippen LogP contribution in [0.2, 0.25) is 0 Å². The van der Waals surface area contributed by atoms with Gasteiger partial charge in [0, 0.05) is 11.3 Å². The zero-order valence-electron chi connectivity index (χ0n) is 13.4. The summed E-state index contributed by atoms with van der Waals surface area (Å²) < 4.78 is 0.300. The quantitative estimate of drug-likeness (QED) is 0.845. The highest BCUT2D eigenvalue weighted by Gasteiger charge is 2.43. The van der Waals surface area contributed by atoms with Gasteiger partial charge in [0.2, 0.25) is 5.91 Å². The number of hydrogen-bond donors (Lipinski definition) is 1. The van der Waals surface area contributed by atoms with E-state index in [1.54, 1.807) is 0 Å². The highest BCUT2D eigenvalue weighted by Crippen LogP contribution is 2.40. The van der Waals surface area contributed by atoms with Gasteiger partial charge in [-0.05, 0) is 31.9 Å². The molecule has 1 saturated carbocycles. The first kappa shape index (κ1) is 16.2. The van der Waals surface area contributed by atoms with E-state index in [-0.39, 0.29) is 12.2 Å². The van der Waals surface area contributed by atoms with Gasteiger partial charge in [0.05, 0.1) is 12.2 Å². The maximum absolute atomic E-state index is 12.7. The van der Waals surface area contributed by atoms with Crippen LogP contribution in [0.3, 0.4) is 0 Å². The van der Waals surface area contributed by atoms with Crippen LogP contribution in [0, 0.1) is 5.92 Å². The number of nitrogens with zero attached hydrogens (tertiary/aromatic N) is 1. The Bertz CT molecular complexity index is 341. The highest BCUT2D eigenvalue weighted by molar-refractivity contribution is 8.00. The van der Waals surface area contributed by atoms with Crippen LogP contribution < -0.4 is 5.32 Å². The molecule has 20 heavy (non-hydrogen) atoms. The predicted octanol–water partition coefficient (Wildman–Crippen LogP) is 3.24. The molecule has 3 atom stereocenters. The van der Waals surface area contributed by atoms with Crippen LogP contribution in [0.15, 0.2) is 0 Å². The first-order chi connectivity index (χ1) is 9.53. The maximum Gasteiger partial charge on any atom is 0.241 e. The van der Waals surface area contributed by atoms with Crippen LogP contribution in [0.1, 0.15) is 59.3 Å². The molecular formula is C16H30N2OS. The van der Waals surface area contributed by atoms with E-state index in [0.29, 0.717) is 16.6 Å². The number of hydrogen-bond acceptors (Lipinski definition) is 3. The van der Waals surface area contributed by atoms with Crippen molar-refractivity contribution in [1.29, 1.82) is 0 Å². The Morgan fingerprint density at radius 2 is 2.05 bits per heavy atom. The molecule has 0 aromatic carbocycles. The van der Waals surface area contributed by atoms with Gasteiger partial charge >= 0.3 is 0 Å². The van der Waals surface area contributed by atoms with Gasteiger partial charge in [-0.1, -0.05) is 39.5 Å². The molecule has 2 rings (SSSR count). The van der Waals surface area contributed by atoms with Crippen LogP contribution in [0.25, 0.3) is 0 Å². The molecular weight excluding hydrogens is 268 g/mol. The summed E-state index contributed by atoms with van der Waals surface area (Å²) >= 11 is 1.98. The molecule has 4 heteroatoms. The lowest BCUT2D eigenvalue weighted by molar-refractivity contribution is -0.131. The lowest BCUT2D eigenvalue weighted by Crippen LogP contribution is -2.46. The molecule has 0 aromatic heterocycles. The number of nitrogens with one attached hydrogen (secondary N) is 1. The van der Waals surface area contributed by atoms with Crippen LogP contribution in [0.5, 0.6) is 0 Å². The van der Waals surface area contributed by atoms with Gasteiger partial charge in [-0.2, -0.15) is 11.8 Å². The zero-order chi connectivity index (χ0) is 14.8. The van der Waals surface area contributed by atoms with E-state index in [4.69, 9.17) is 0 Å². The summed E-state index contributed by atoms with van der Waals surface area (Å²) in [5, 5.41) is 3.50. The molecule has 0 spiro atoms. The van der Waals surface area contributed by atoms with Gasteiger partial charge in [0.15, 0.2) is 0 Å². The molecule has 2 fully saturated rings. The average molecular weight is 298 g/mol. The summed E-state index contributed by atoms with van der Waals surface area (Å²) in [5.74, 6) is 0.748. The standard InChI is InChI=1S/C16H30N2OS/c1-5-12(2)14-15(19)18(13(3)17-14)11-16(20-4)9-7-6-8-10-16/h12-14,17H,5-11H2,1-4H3. The second-order valence-corrected chi connectivity index (χ2v) is 7.89. The van der Waals surface area contributed by atoms with E-state index < -0.39 is 0 Å². The minimum absolute atomic E-state index is 0.0255. The summed E-state index contributed by atoms with van der Waals surface area (Å²) in [6.45, 7) is 7.40. The van der Waals surface area contributed by atoms with E-state index in [0.717, 1.165) is 13.0 Å². The second kappa shape index (κ2) is 6.69. The van der Waals surface area contributed by atoms with Crippen LogP contribution in [-0.4, -0.2) is 40.6 Å². The van der Waals surface area contributed by atoms with E-state index in [9.17, 15) is 4.79 Å². The fourth-order valence-corrected chi connectivity index (χ4v) is 4.55. The topological polar surface area (TPSA) is 32.3 Å². The Balaban J connectivity index is 2.06. The average Bonchev–Trinajstić information content (AvgIpc) is 2.75. The van der Waals surface area contributed by atoms with Crippen molar-refractivity contribution in [3.8, 4) is 0 Å². The first-order valence-corrected chi connectivity index (χ1v) is 9.37. The van der Waals surface area contributed by atoms with Crippen molar-refractivity contribution in [2.75, 3.05) is 12.8 Å². The summed E-state index contributed by atoms with van der Waals surface area (Å²) in [4.78, 5) is 14.8. The van der Waals surface area contributed by atoms with Crippen molar-refractivity contribution >= 4 is 17.7 Å². The molecule has 1 aliphatic carbocycles. The fraction of sp³-hybridized carbons (Fsp3) is 0.938. The van der Waals surface area contributed by atoms with E-state index in [1.807, 2.05) is 11.8 Å². The normalized spacial score (nSPS) is 31.6. The Hall–Kier alpha value is -0.220. The number of thioether (sulfide) groups is 1. The van der Waals surface area contributed by atoms with E-state index in [1.165, 1.54) is 32.1 Å². The second-order valence-electron chi connectivity index (χ2n) is 6.62. The van der Waals surface area contributed by atoms with Gasteiger partial charge in [-0.3, -0.25) is 10.1 Å². The summed E-state index contributed by atoms with van der Waals surface area (Å²) in [5.41, 5.74) is 0. The van der Waals surface area contributed by atoms with E-state index >= 15 is 0 Å². The Labute approximate surface area is 128 Å². The Morgan fingerprint density at radius 3 is 2.60 bits per heavy atom. The largest absolute Gasteiger partial charge is 0.325 e. The Kier molecular flexibility index (Phi) is 5.41. The smallest absolute Gasteiger partial charge is 0.241 e. The molecule has 0 aromatic rings. The summed E-state index contributed by atoms with van der Waals surface area (Å²) in [6.07, 6.45) is 9.98. The van der Waals surface area contributed by atoms with Crippen LogP contribution in [-0.2, 0) is 4.79 Å². The van der Waals surface area contributed by atoms with Crippen molar-refractivity contribution in [3.05, 3.63) is 0 Å². The number of amides is 1. The van der Waals surface area contributed by atoms with Crippen molar-refractivity contribution in [1.82, 2.24) is 10.2 Å². The van der Waals surface area contributed by atoms with Gasteiger partial charge in [-0.25, -0.2) is 0 Å². The van der Waals surface area contributed by atoms with Gasteiger partial charge in [-0.15, -0.1) is 0 Å². The van der Waals surface area contributed by atoms with Crippen molar-refractivity contribution in [2.45, 2.75) is 76.3 Å². The van der Waals surface area contributed by atoms with Crippen molar-refractivity contribution < 1.29 is 4.79 Å². The molecule has 0 radical (unpaired) electrons. The maximum atomic E-state index is 12.7. The predicted molar refractivity (Wildman–Crippen MR) is 86.9 cm³/mol. The molecule has 2 aliphatic rings. The summed E-state index contributed by atoms with van der Waals surface area (Å²) in [7, 11) is 0. The van der Waals surface area contributed by atoms with Gasteiger partial charge < -0.3 is 4.90 Å². The van der Waals surface area contributed by atoms with Crippen molar-refractivity contribution in [3.63, 3.8) is 0 Å². The molecule has 1 saturated heterocycles. The third-order valence-corrected chi connectivity index (χ3v) is 6.71. The molecule has 0 bridgehead atoms. The monoisotopic (exact) mass is 298 g/mol. The van der Waals surface area contributed by atoms with Crippen molar-refractivity contribution in [2.24, 2.45) is 5.92 Å². The third-order valence-electron chi connectivity index (χ3n) is 5.31. The number of carbonyl (C=O) groups excluding carboxylic acids is 1. The number of carbonyl (C=O) groups is 1. The van der Waals surface area contributed by atoms with Gasteiger partial charge in [0.1, 0.15) is 0 Å². The Morgan fingerprint density at radius 1 is 1.40 bits per heavy atom. The number of rotatable bonds is 5. The SMILES string of the molecule is CCC(C)C1NC(C)N(CC2(SC)CCCCC2)C1=O. The minimum Gasteiger partial charge on any atom is -0.325 e. The fourth-order valence-electron chi connectivity index (χ4n) is 3.58. The van der Waals surface area contributed by atoms with Gasteiger partial charge in [0.25, 0.3) is 0 Å². The van der Waals surface area contributed by atoms with E-state index in [2.05, 4.69) is 37.2 Å². The van der Waals surface area contributed by atoms with Crippen LogP contribution in [0.4, 0.5) is 0 Å². The third kappa shape index (κ3) is 3.16. The molecule has 1 aliphatic heterocycles. The molecule has 1 heterocycles. The first-order valence-electron chi connectivity index (χ1n) is 8.14. The molecule has 116 valence electrons. The lowest BCUT2D eigenvalue weighted by Gasteiger charge is -2.39. The molecule has 1 amide bonds. The van der Waals surface area contributed by atoms with Crippen LogP contribution >= 0.6 is 11.8 Å².